The monoisotopic (exact) mass is 323 g/mol. The second kappa shape index (κ2) is 5.64. The molecule has 114 valence electrons. The van der Waals surface area contributed by atoms with Gasteiger partial charge < -0.3 is 4.42 Å². The number of Topliss-reactive ketones (excluding diaryl/α,β-unsaturated/α-hetero) is 1. The van der Waals surface area contributed by atoms with E-state index < -0.39 is 6.04 Å². The first-order chi connectivity index (χ1) is 11.2. The van der Waals surface area contributed by atoms with E-state index >= 15 is 0 Å². The molecule has 2 heterocycles. The molecule has 6 heteroatoms. The maximum Gasteiger partial charge on any atom is 0.247 e. The van der Waals surface area contributed by atoms with Crippen LogP contribution in [0.4, 0.5) is 0 Å². The predicted molar refractivity (Wildman–Crippen MR) is 86.9 cm³/mol. The number of hydrogen-bond donors (Lipinski definition) is 0. The third-order valence-corrected chi connectivity index (χ3v) is 4.75. The largest absolute Gasteiger partial charge is 0.418 e. The molecule has 4 rings (SSSR count). The summed E-state index contributed by atoms with van der Waals surface area (Å²) in [6, 6.07) is 16.5. The van der Waals surface area contributed by atoms with E-state index in [0.29, 0.717) is 17.3 Å². The zero-order chi connectivity index (χ0) is 15.8. The molecule has 1 aliphatic rings. The molecular weight excluding hydrogens is 310 g/mol. The van der Waals surface area contributed by atoms with Gasteiger partial charge in [0, 0.05) is 16.0 Å². The molecule has 0 spiro atoms. The van der Waals surface area contributed by atoms with Crippen molar-refractivity contribution in [2.75, 3.05) is 7.05 Å². The smallest absolute Gasteiger partial charge is 0.247 e. The Morgan fingerprint density at radius 2 is 1.78 bits per heavy atom. The van der Waals surface area contributed by atoms with Crippen molar-refractivity contribution in [1.29, 1.82) is 0 Å². The highest BCUT2D eigenvalue weighted by molar-refractivity contribution is 7.97. The third-order valence-electron chi connectivity index (χ3n) is 3.70. The minimum atomic E-state index is -0.570. The summed E-state index contributed by atoms with van der Waals surface area (Å²) in [6.07, 6.45) is 0. The molecule has 1 unspecified atom stereocenters. The minimum Gasteiger partial charge on any atom is -0.418 e. The Balaban J connectivity index is 1.71. The van der Waals surface area contributed by atoms with Gasteiger partial charge >= 0.3 is 0 Å². The summed E-state index contributed by atoms with van der Waals surface area (Å²) in [4.78, 5) is 13.7. The van der Waals surface area contributed by atoms with Gasteiger partial charge in [0.15, 0.2) is 11.8 Å². The average molecular weight is 323 g/mol. The van der Waals surface area contributed by atoms with Crippen LogP contribution in [0.15, 0.2) is 63.9 Å². The summed E-state index contributed by atoms with van der Waals surface area (Å²) in [5.74, 6) is 0.717. The fourth-order valence-corrected chi connectivity index (χ4v) is 3.59. The van der Waals surface area contributed by atoms with Crippen LogP contribution in [-0.2, 0) is 0 Å². The molecule has 0 aliphatic carbocycles. The van der Waals surface area contributed by atoms with Crippen molar-refractivity contribution < 1.29 is 9.21 Å². The molecule has 0 saturated carbocycles. The maximum atomic E-state index is 12.8. The number of carbonyl (C=O) groups excluding carboxylic acids is 1. The molecule has 0 N–H and O–H groups in total. The van der Waals surface area contributed by atoms with Crippen LogP contribution < -0.4 is 0 Å². The number of nitrogens with zero attached hydrogens (tertiary/aromatic N) is 3. The molecular formula is C17H13N3O2S. The lowest BCUT2D eigenvalue weighted by Gasteiger charge is -2.28. The van der Waals surface area contributed by atoms with Gasteiger partial charge in [0.05, 0.1) is 0 Å². The van der Waals surface area contributed by atoms with Gasteiger partial charge in [0.1, 0.15) is 0 Å². The van der Waals surface area contributed by atoms with Crippen molar-refractivity contribution in [1.82, 2.24) is 14.5 Å². The molecule has 3 aromatic rings. The van der Waals surface area contributed by atoms with E-state index in [4.69, 9.17) is 4.42 Å². The van der Waals surface area contributed by atoms with Gasteiger partial charge in [-0.2, -0.15) is 0 Å². The topological polar surface area (TPSA) is 59.2 Å². The van der Waals surface area contributed by atoms with E-state index in [-0.39, 0.29) is 5.78 Å². The van der Waals surface area contributed by atoms with Crippen molar-refractivity contribution in [3.05, 3.63) is 66.1 Å². The number of hydrogen-bond acceptors (Lipinski definition) is 6. The van der Waals surface area contributed by atoms with Crippen LogP contribution in [-0.4, -0.2) is 27.3 Å². The molecule has 0 amide bonds. The molecule has 0 radical (unpaired) electrons. The molecule has 5 nitrogen and oxygen atoms in total. The Morgan fingerprint density at radius 3 is 2.61 bits per heavy atom. The van der Waals surface area contributed by atoms with E-state index in [9.17, 15) is 4.79 Å². The van der Waals surface area contributed by atoms with Crippen LogP contribution in [0, 0.1) is 0 Å². The molecule has 0 bridgehead atoms. The number of benzene rings is 2. The molecule has 2 aromatic carbocycles. The Morgan fingerprint density at radius 1 is 1.04 bits per heavy atom. The Hall–Kier alpha value is -2.44. The number of aromatic nitrogens is 2. The summed E-state index contributed by atoms with van der Waals surface area (Å²) in [7, 11) is 1.86. The minimum absolute atomic E-state index is 0.0230. The fraction of sp³-hybridized carbons (Fsp3) is 0.118. The van der Waals surface area contributed by atoms with Crippen LogP contribution in [0.5, 0.6) is 0 Å². The highest BCUT2D eigenvalue weighted by Gasteiger charge is 2.37. The number of ketones is 1. The summed E-state index contributed by atoms with van der Waals surface area (Å²) in [5, 5.41) is 8.18. The predicted octanol–water partition coefficient (Wildman–Crippen LogP) is 3.61. The van der Waals surface area contributed by atoms with Crippen LogP contribution >= 0.6 is 11.9 Å². The van der Waals surface area contributed by atoms with Crippen molar-refractivity contribution >= 4 is 17.7 Å². The summed E-state index contributed by atoms with van der Waals surface area (Å²) in [6.45, 7) is 0. The number of likely N-dealkylation sites (N-methyl/N-ethyl adjacent to an activating group) is 1. The van der Waals surface area contributed by atoms with E-state index in [1.54, 1.807) is 0 Å². The lowest BCUT2D eigenvalue weighted by Crippen LogP contribution is -2.30. The van der Waals surface area contributed by atoms with E-state index in [0.717, 1.165) is 10.5 Å². The van der Waals surface area contributed by atoms with Gasteiger partial charge in [0.25, 0.3) is 0 Å². The Bertz CT molecular complexity index is 863. The molecule has 1 atom stereocenters. The summed E-state index contributed by atoms with van der Waals surface area (Å²) in [5.41, 5.74) is 1.53. The standard InChI is InChI=1S/C17H13N3O2S/c1-20-14(15(21)12-9-5-6-10-13(12)23-20)17-19-18-16(22-17)11-7-3-2-4-8-11/h2-10,14H,1H3. The molecule has 23 heavy (non-hydrogen) atoms. The van der Waals surface area contributed by atoms with Gasteiger partial charge in [-0.1, -0.05) is 36.4 Å². The lowest BCUT2D eigenvalue weighted by molar-refractivity contribution is 0.0884. The van der Waals surface area contributed by atoms with Crippen molar-refractivity contribution in [3.8, 4) is 11.5 Å². The maximum absolute atomic E-state index is 12.8. The lowest BCUT2D eigenvalue weighted by atomic mass is 10.0. The number of rotatable bonds is 2. The Labute approximate surface area is 137 Å². The van der Waals surface area contributed by atoms with E-state index in [2.05, 4.69) is 10.2 Å². The van der Waals surface area contributed by atoms with Crippen molar-refractivity contribution in [3.63, 3.8) is 0 Å². The zero-order valence-corrected chi connectivity index (χ0v) is 13.2. The van der Waals surface area contributed by atoms with Crippen molar-refractivity contribution in [2.45, 2.75) is 10.9 Å². The van der Waals surface area contributed by atoms with Gasteiger partial charge in [-0.15, -0.1) is 10.2 Å². The third kappa shape index (κ3) is 2.46. The van der Waals surface area contributed by atoms with Gasteiger partial charge in [0.2, 0.25) is 11.8 Å². The molecule has 1 aromatic heterocycles. The quantitative estimate of drug-likeness (QED) is 0.671. The SMILES string of the molecule is CN1Sc2ccccc2C(=O)C1c1nnc(-c2ccccc2)o1. The zero-order valence-electron chi connectivity index (χ0n) is 12.3. The summed E-state index contributed by atoms with van der Waals surface area (Å²) < 4.78 is 7.62. The second-order valence-electron chi connectivity index (χ2n) is 5.21. The number of carbonyl (C=O) groups is 1. The first-order valence-corrected chi connectivity index (χ1v) is 7.94. The first kappa shape index (κ1) is 14.2. The van der Waals surface area contributed by atoms with Gasteiger partial charge in [-0.3, -0.25) is 4.79 Å². The highest BCUT2D eigenvalue weighted by Crippen LogP contribution is 2.40. The molecule has 0 saturated heterocycles. The van der Waals surface area contributed by atoms with E-state index in [1.807, 2.05) is 66.0 Å². The van der Waals surface area contributed by atoms with Crippen molar-refractivity contribution in [2.24, 2.45) is 0 Å². The average Bonchev–Trinajstić information content (AvgIpc) is 3.05. The molecule has 0 fully saturated rings. The van der Waals surface area contributed by atoms with E-state index in [1.165, 1.54) is 11.9 Å². The highest BCUT2D eigenvalue weighted by atomic mass is 32.2. The fourth-order valence-electron chi connectivity index (χ4n) is 2.58. The summed E-state index contributed by atoms with van der Waals surface area (Å²) >= 11 is 1.51. The van der Waals surface area contributed by atoms with Gasteiger partial charge in [-0.25, -0.2) is 4.31 Å². The Kier molecular flexibility index (Phi) is 3.48. The van der Waals surface area contributed by atoms with Gasteiger partial charge in [-0.05, 0) is 37.2 Å². The number of fused-ring (bicyclic) bond motifs is 1. The molecule has 1 aliphatic heterocycles. The second-order valence-corrected chi connectivity index (χ2v) is 6.41. The van der Waals surface area contributed by atoms with Crippen LogP contribution in [0.25, 0.3) is 11.5 Å². The first-order valence-electron chi connectivity index (χ1n) is 7.17. The normalized spacial score (nSPS) is 18.0. The van der Waals surface area contributed by atoms with Crippen LogP contribution in [0.2, 0.25) is 0 Å². The van der Waals surface area contributed by atoms with Crippen LogP contribution in [0.1, 0.15) is 22.3 Å². The van der Waals surface area contributed by atoms with Crippen LogP contribution in [0.3, 0.4) is 0 Å².